The van der Waals surface area contributed by atoms with Crippen LogP contribution >= 0.6 is 46.4 Å². The molecule has 0 aromatic heterocycles. The minimum atomic E-state index is -1.50. The standard InChI is InChI=1S/C14H28Cl4N2O4/c15-1-5-19(6-2-16)9-11(21)13(23)14(24)12(22)10-20(7-3-17)8-4-18/h11-14,21-24H,1-10H2/t11-,12-,13-,14-/m1/s1. The van der Waals surface area contributed by atoms with Crippen molar-refractivity contribution in [3.05, 3.63) is 0 Å². The number of aliphatic hydroxyl groups is 4. The van der Waals surface area contributed by atoms with E-state index in [1.807, 2.05) is 0 Å². The molecule has 0 aliphatic heterocycles. The van der Waals surface area contributed by atoms with E-state index in [2.05, 4.69) is 0 Å². The second-order valence-corrected chi connectivity index (χ2v) is 6.98. The molecule has 0 amide bonds. The van der Waals surface area contributed by atoms with Crippen LogP contribution in [0.25, 0.3) is 0 Å². The van der Waals surface area contributed by atoms with Gasteiger partial charge < -0.3 is 20.4 Å². The van der Waals surface area contributed by atoms with Gasteiger partial charge in [-0.1, -0.05) is 0 Å². The number of rotatable bonds is 15. The van der Waals surface area contributed by atoms with Gasteiger partial charge in [0.15, 0.2) is 0 Å². The average Bonchev–Trinajstić information content (AvgIpc) is 2.54. The highest BCUT2D eigenvalue weighted by atomic mass is 35.5. The van der Waals surface area contributed by atoms with Gasteiger partial charge in [0.1, 0.15) is 12.2 Å². The van der Waals surface area contributed by atoms with E-state index in [9.17, 15) is 20.4 Å². The Kier molecular flexibility index (Phi) is 15.6. The van der Waals surface area contributed by atoms with Crippen molar-refractivity contribution >= 4 is 46.4 Å². The molecule has 0 rings (SSSR count). The molecule has 0 heterocycles. The number of halogens is 4. The first-order valence-corrected chi connectivity index (χ1v) is 9.95. The molecule has 4 N–H and O–H groups in total. The van der Waals surface area contributed by atoms with Crippen LogP contribution in [0.5, 0.6) is 0 Å². The van der Waals surface area contributed by atoms with E-state index in [1.165, 1.54) is 0 Å². The van der Waals surface area contributed by atoms with Gasteiger partial charge in [-0.3, -0.25) is 9.80 Å². The molecule has 0 aliphatic carbocycles. The van der Waals surface area contributed by atoms with Gasteiger partial charge >= 0.3 is 0 Å². The first kappa shape index (κ1) is 24.9. The Morgan fingerprint density at radius 1 is 0.542 bits per heavy atom. The van der Waals surface area contributed by atoms with E-state index in [1.54, 1.807) is 9.80 Å². The Balaban J connectivity index is 4.55. The van der Waals surface area contributed by atoms with Gasteiger partial charge in [0, 0.05) is 62.8 Å². The summed E-state index contributed by atoms with van der Waals surface area (Å²) in [6, 6.07) is 0. The van der Waals surface area contributed by atoms with Gasteiger partial charge in [-0.2, -0.15) is 0 Å². The summed E-state index contributed by atoms with van der Waals surface area (Å²) in [5.74, 6) is 1.43. The molecule has 146 valence electrons. The smallest absolute Gasteiger partial charge is 0.110 e. The number of aliphatic hydroxyl groups excluding tert-OH is 4. The van der Waals surface area contributed by atoms with E-state index < -0.39 is 24.4 Å². The summed E-state index contributed by atoms with van der Waals surface area (Å²) >= 11 is 22.7. The zero-order chi connectivity index (χ0) is 18.5. The predicted octanol–water partition coefficient (Wildman–Crippen LogP) is -0.0108. The number of nitrogens with zero attached hydrogens (tertiary/aromatic N) is 2. The third kappa shape index (κ3) is 10.2. The number of alkyl halides is 4. The predicted molar refractivity (Wildman–Crippen MR) is 99.8 cm³/mol. The Labute approximate surface area is 163 Å². The van der Waals surface area contributed by atoms with Crippen LogP contribution in [0.15, 0.2) is 0 Å². The normalized spacial score (nSPS) is 17.2. The Morgan fingerprint density at radius 2 is 0.792 bits per heavy atom. The van der Waals surface area contributed by atoms with Crippen molar-refractivity contribution in [3.63, 3.8) is 0 Å². The monoisotopic (exact) mass is 428 g/mol. The summed E-state index contributed by atoms with van der Waals surface area (Å²) in [7, 11) is 0. The molecule has 0 saturated heterocycles. The average molecular weight is 430 g/mol. The first-order chi connectivity index (χ1) is 11.4. The third-order valence-corrected chi connectivity index (χ3v) is 4.31. The van der Waals surface area contributed by atoms with Crippen molar-refractivity contribution in [2.24, 2.45) is 0 Å². The highest BCUT2D eigenvalue weighted by Gasteiger charge is 2.32. The lowest BCUT2D eigenvalue weighted by atomic mass is 10.0. The summed E-state index contributed by atoms with van der Waals surface area (Å²) in [5.41, 5.74) is 0. The molecule has 10 heteroatoms. The molecular weight excluding hydrogens is 402 g/mol. The summed E-state index contributed by atoms with van der Waals surface area (Å²) in [4.78, 5) is 3.56. The summed E-state index contributed by atoms with van der Waals surface area (Å²) in [6.45, 7) is 2.17. The molecule has 0 aromatic rings. The minimum Gasteiger partial charge on any atom is -0.389 e. The van der Waals surface area contributed by atoms with E-state index in [0.717, 1.165) is 0 Å². The van der Waals surface area contributed by atoms with Crippen molar-refractivity contribution in [3.8, 4) is 0 Å². The lowest BCUT2D eigenvalue weighted by Crippen LogP contribution is -2.52. The molecule has 4 atom stereocenters. The van der Waals surface area contributed by atoms with Gasteiger partial charge in [-0.25, -0.2) is 0 Å². The zero-order valence-corrected chi connectivity index (χ0v) is 16.6. The Morgan fingerprint density at radius 3 is 1.00 bits per heavy atom. The molecule has 0 aromatic carbocycles. The summed E-state index contributed by atoms with van der Waals surface area (Å²) < 4.78 is 0. The maximum atomic E-state index is 10.1. The van der Waals surface area contributed by atoms with E-state index in [0.29, 0.717) is 49.7 Å². The van der Waals surface area contributed by atoms with Crippen molar-refractivity contribution in [2.75, 3.05) is 62.8 Å². The molecule has 0 bridgehead atoms. The number of hydrogen-bond donors (Lipinski definition) is 4. The summed E-state index contributed by atoms with van der Waals surface area (Å²) in [6.07, 6.45) is -5.48. The van der Waals surface area contributed by atoms with Crippen LogP contribution in [0.1, 0.15) is 0 Å². The van der Waals surface area contributed by atoms with Gasteiger partial charge in [-0.05, 0) is 0 Å². The fourth-order valence-corrected chi connectivity index (χ4v) is 3.22. The summed E-state index contributed by atoms with van der Waals surface area (Å²) in [5, 5.41) is 40.4. The van der Waals surface area contributed by atoms with Crippen LogP contribution in [0.3, 0.4) is 0 Å². The first-order valence-electron chi connectivity index (χ1n) is 7.82. The molecule has 0 radical (unpaired) electrons. The van der Waals surface area contributed by atoms with Crippen molar-refractivity contribution < 1.29 is 20.4 Å². The van der Waals surface area contributed by atoms with Gasteiger partial charge in [0.05, 0.1) is 12.2 Å². The fourth-order valence-electron chi connectivity index (χ4n) is 2.27. The maximum Gasteiger partial charge on any atom is 0.110 e. The Bertz CT molecular complexity index is 268. The lowest BCUT2D eigenvalue weighted by Gasteiger charge is -2.32. The topological polar surface area (TPSA) is 87.4 Å². The van der Waals surface area contributed by atoms with Crippen LogP contribution in [0, 0.1) is 0 Å². The fraction of sp³-hybridized carbons (Fsp3) is 1.00. The van der Waals surface area contributed by atoms with Crippen molar-refractivity contribution in [1.82, 2.24) is 9.80 Å². The second-order valence-electron chi connectivity index (χ2n) is 5.47. The van der Waals surface area contributed by atoms with Gasteiger partial charge in [0.25, 0.3) is 0 Å². The van der Waals surface area contributed by atoms with E-state index in [4.69, 9.17) is 46.4 Å². The van der Waals surface area contributed by atoms with Crippen LogP contribution in [0.4, 0.5) is 0 Å². The van der Waals surface area contributed by atoms with E-state index in [-0.39, 0.29) is 13.1 Å². The highest BCUT2D eigenvalue weighted by Crippen LogP contribution is 2.09. The van der Waals surface area contributed by atoms with Gasteiger partial charge in [0.2, 0.25) is 0 Å². The number of hydrogen-bond acceptors (Lipinski definition) is 6. The third-order valence-electron chi connectivity index (χ3n) is 3.63. The molecule has 6 nitrogen and oxygen atoms in total. The largest absolute Gasteiger partial charge is 0.389 e. The molecule has 0 unspecified atom stereocenters. The van der Waals surface area contributed by atoms with Crippen molar-refractivity contribution in [2.45, 2.75) is 24.4 Å². The quantitative estimate of drug-likeness (QED) is 0.274. The molecule has 0 aliphatic rings. The van der Waals surface area contributed by atoms with Crippen LogP contribution in [0.2, 0.25) is 0 Å². The van der Waals surface area contributed by atoms with Gasteiger partial charge in [-0.15, -0.1) is 46.4 Å². The maximum absolute atomic E-state index is 10.1. The second kappa shape index (κ2) is 15.0. The van der Waals surface area contributed by atoms with Crippen LogP contribution in [-0.4, -0.2) is 117 Å². The zero-order valence-electron chi connectivity index (χ0n) is 13.6. The molecular formula is C14H28Cl4N2O4. The lowest BCUT2D eigenvalue weighted by molar-refractivity contribution is -0.114. The molecule has 0 fully saturated rings. The van der Waals surface area contributed by atoms with Crippen LogP contribution in [-0.2, 0) is 0 Å². The van der Waals surface area contributed by atoms with Crippen LogP contribution < -0.4 is 0 Å². The van der Waals surface area contributed by atoms with Crippen molar-refractivity contribution in [1.29, 1.82) is 0 Å². The van der Waals surface area contributed by atoms with E-state index >= 15 is 0 Å². The Hall–Kier alpha value is 0.920. The molecule has 0 spiro atoms. The minimum absolute atomic E-state index is 0.0947. The SMILES string of the molecule is O[C@@H]([C@H](O)[C@H](O)CN(CCCl)CCCl)[C@H](O)CN(CCCl)CCCl. The molecule has 0 saturated carbocycles. The highest BCUT2D eigenvalue weighted by molar-refractivity contribution is 6.18. The molecule has 24 heavy (non-hydrogen) atoms.